The molecule has 32 heavy (non-hydrogen) atoms. The molecule has 0 spiro atoms. The summed E-state index contributed by atoms with van der Waals surface area (Å²) in [6.45, 7) is 3.83. The van der Waals surface area contributed by atoms with Crippen molar-refractivity contribution in [2.75, 3.05) is 30.4 Å². The zero-order valence-corrected chi connectivity index (χ0v) is 19.3. The molecule has 0 heterocycles. The van der Waals surface area contributed by atoms with Gasteiger partial charge in [0.05, 0.1) is 17.7 Å². The third kappa shape index (κ3) is 5.39. The standard InChI is InChI=1S/C24H26N2O5S/c1-17-5-6-19(15-18(17)2)25-24(27)16-31-22-9-7-20(8-10-22)26(3)32(28,29)23-13-11-21(30-4)12-14-23/h5-15H,16H2,1-4H3,(H,25,27). The molecule has 0 atom stereocenters. The predicted molar refractivity (Wildman–Crippen MR) is 125 cm³/mol. The molecule has 0 unspecified atom stereocenters. The van der Waals surface area contributed by atoms with Crippen molar-refractivity contribution in [1.29, 1.82) is 0 Å². The molecule has 0 radical (unpaired) electrons. The lowest BCUT2D eigenvalue weighted by Crippen LogP contribution is -2.26. The first-order valence-electron chi connectivity index (χ1n) is 9.93. The second-order valence-electron chi connectivity index (χ2n) is 7.28. The van der Waals surface area contributed by atoms with Crippen LogP contribution in [-0.2, 0) is 14.8 Å². The molecule has 0 saturated heterocycles. The van der Waals surface area contributed by atoms with Gasteiger partial charge in [-0.3, -0.25) is 9.10 Å². The average molecular weight is 455 g/mol. The molecule has 0 bridgehead atoms. The Morgan fingerprint density at radius 2 is 1.53 bits per heavy atom. The van der Waals surface area contributed by atoms with Crippen LogP contribution < -0.4 is 19.1 Å². The molecular weight excluding hydrogens is 428 g/mol. The van der Waals surface area contributed by atoms with Gasteiger partial charge in [-0.25, -0.2) is 8.42 Å². The number of methoxy groups -OCH3 is 1. The van der Waals surface area contributed by atoms with Crippen LogP contribution in [0.25, 0.3) is 0 Å². The van der Waals surface area contributed by atoms with Crippen LogP contribution in [0.15, 0.2) is 71.6 Å². The van der Waals surface area contributed by atoms with Crippen LogP contribution in [0.5, 0.6) is 11.5 Å². The first kappa shape index (κ1) is 23.1. The van der Waals surface area contributed by atoms with E-state index in [0.717, 1.165) is 11.1 Å². The van der Waals surface area contributed by atoms with Crippen molar-refractivity contribution in [2.24, 2.45) is 0 Å². The normalized spacial score (nSPS) is 11.0. The van der Waals surface area contributed by atoms with E-state index < -0.39 is 10.0 Å². The van der Waals surface area contributed by atoms with E-state index in [1.54, 1.807) is 36.4 Å². The molecule has 3 rings (SSSR count). The fraction of sp³-hybridized carbons (Fsp3) is 0.208. The SMILES string of the molecule is COc1ccc(S(=O)(=O)N(C)c2ccc(OCC(=O)Nc3ccc(C)c(C)c3)cc2)cc1. The average Bonchev–Trinajstić information content (AvgIpc) is 2.80. The molecule has 168 valence electrons. The number of nitrogens with zero attached hydrogens (tertiary/aromatic N) is 1. The number of rotatable bonds is 8. The Labute approximate surface area is 188 Å². The Morgan fingerprint density at radius 3 is 2.12 bits per heavy atom. The molecule has 1 N–H and O–H groups in total. The number of sulfonamides is 1. The fourth-order valence-corrected chi connectivity index (χ4v) is 4.16. The second-order valence-corrected chi connectivity index (χ2v) is 9.25. The van der Waals surface area contributed by atoms with Gasteiger partial charge in [-0.1, -0.05) is 6.07 Å². The third-order valence-electron chi connectivity index (χ3n) is 5.08. The minimum Gasteiger partial charge on any atom is -0.497 e. The summed E-state index contributed by atoms with van der Waals surface area (Å²) >= 11 is 0. The smallest absolute Gasteiger partial charge is 0.264 e. The molecule has 1 amide bonds. The maximum Gasteiger partial charge on any atom is 0.264 e. The summed E-state index contributed by atoms with van der Waals surface area (Å²) in [5.74, 6) is 0.755. The summed E-state index contributed by atoms with van der Waals surface area (Å²) in [6.07, 6.45) is 0. The highest BCUT2D eigenvalue weighted by Crippen LogP contribution is 2.25. The van der Waals surface area contributed by atoms with E-state index >= 15 is 0 Å². The number of aryl methyl sites for hydroxylation is 2. The number of nitrogens with one attached hydrogen (secondary N) is 1. The third-order valence-corrected chi connectivity index (χ3v) is 6.88. The van der Waals surface area contributed by atoms with Crippen LogP contribution >= 0.6 is 0 Å². The van der Waals surface area contributed by atoms with Crippen LogP contribution in [0, 0.1) is 13.8 Å². The van der Waals surface area contributed by atoms with E-state index in [4.69, 9.17) is 9.47 Å². The topological polar surface area (TPSA) is 84.9 Å². The molecule has 3 aromatic rings. The van der Waals surface area contributed by atoms with Crippen molar-refractivity contribution < 1.29 is 22.7 Å². The second kappa shape index (κ2) is 9.74. The Morgan fingerprint density at radius 1 is 0.906 bits per heavy atom. The summed E-state index contributed by atoms with van der Waals surface area (Å²) < 4.78 is 37.5. The quantitative estimate of drug-likeness (QED) is 0.553. The number of benzene rings is 3. The molecule has 0 fully saturated rings. The molecule has 0 aliphatic carbocycles. The van der Waals surface area contributed by atoms with Gasteiger partial charge in [-0.05, 0) is 85.6 Å². The van der Waals surface area contributed by atoms with Crippen molar-refractivity contribution in [1.82, 2.24) is 0 Å². The highest BCUT2D eigenvalue weighted by atomic mass is 32.2. The first-order valence-corrected chi connectivity index (χ1v) is 11.4. The van der Waals surface area contributed by atoms with Gasteiger partial charge in [0.25, 0.3) is 15.9 Å². The van der Waals surface area contributed by atoms with Crippen LogP contribution in [0.1, 0.15) is 11.1 Å². The maximum absolute atomic E-state index is 12.9. The summed E-state index contributed by atoms with van der Waals surface area (Å²) in [4.78, 5) is 12.3. The molecule has 3 aromatic carbocycles. The Bertz CT molecular complexity index is 1190. The van der Waals surface area contributed by atoms with Crippen molar-refractivity contribution in [2.45, 2.75) is 18.7 Å². The predicted octanol–water partition coefficient (Wildman–Crippen LogP) is 4.15. The van der Waals surface area contributed by atoms with E-state index in [-0.39, 0.29) is 17.4 Å². The summed E-state index contributed by atoms with van der Waals surface area (Å²) in [7, 11) is -0.725. The van der Waals surface area contributed by atoms with E-state index in [9.17, 15) is 13.2 Å². The minimum atomic E-state index is -3.72. The van der Waals surface area contributed by atoms with Crippen LogP contribution in [-0.4, -0.2) is 35.1 Å². The number of carbonyl (C=O) groups excluding carboxylic acids is 1. The molecular formula is C24H26N2O5S. The van der Waals surface area contributed by atoms with Crippen molar-refractivity contribution in [3.05, 3.63) is 77.9 Å². The minimum absolute atomic E-state index is 0.157. The molecule has 0 aliphatic heterocycles. The number of carbonyl (C=O) groups is 1. The maximum atomic E-state index is 12.9. The highest BCUT2D eigenvalue weighted by Gasteiger charge is 2.21. The van der Waals surface area contributed by atoms with Crippen LogP contribution in [0.3, 0.4) is 0 Å². The van der Waals surface area contributed by atoms with Gasteiger partial charge in [0.1, 0.15) is 11.5 Å². The van der Waals surface area contributed by atoms with Gasteiger partial charge in [0, 0.05) is 12.7 Å². The van der Waals surface area contributed by atoms with Crippen LogP contribution in [0.4, 0.5) is 11.4 Å². The summed E-state index contributed by atoms with van der Waals surface area (Å²) in [6, 6.07) is 18.4. The van der Waals surface area contributed by atoms with Crippen molar-refractivity contribution in [3.8, 4) is 11.5 Å². The molecule has 0 aromatic heterocycles. The van der Waals surface area contributed by atoms with Crippen molar-refractivity contribution >= 4 is 27.3 Å². The van der Waals surface area contributed by atoms with Crippen molar-refractivity contribution in [3.63, 3.8) is 0 Å². The number of hydrogen-bond acceptors (Lipinski definition) is 5. The lowest BCUT2D eigenvalue weighted by Gasteiger charge is -2.20. The highest BCUT2D eigenvalue weighted by molar-refractivity contribution is 7.92. The first-order chi connectivity index (χ1) is 15.2. The zero-order chi connectivity index (χ0) is 23.3. The Hall–Kier alpha value is -3.52. The van der Waals surface area contributed by atoms with E-state index in [0.29, 0.717) is 22.9 Å². The van der Waals surface area contributed by atoms with Gasteiger partial charge in [-0.15, -0.1) is 0 Å². The number of anilines is 2. The number of ether oxygens (including phenoxy) is 2. The zero-order valence-electron chi connectivity index (χ0n) is 18.5. The summed E-state index contributed by atoms with van der Waals surface area (Å²) in [5.41, 5.74) is 3.42. The van der Waals surface area contributed by atoms with Gasteiger partial charge < -0.3 is 14.8 Å². The number of hydrogen-bond donors (Lipinski definition) is 1. The lowest BCUT2D eigenvalue weighted by atomic mass is 10.1. The van der Waals surface area contributed by atoms with Crippen LogP contribution in [0.2, 0.25) is 0 Å². The van der Waals surface area contributed by atoms with Gasteiger partial charge in [0.2, 0.25) is 0 Å². The van der Waals surface area contributed by atoms with E-state index in [1.165, 1.54) is 30.6 Å². The van der Waals surface area contributed by atoms with Gasteiger partial charge in [0.15, 0.2) is 6.61 Å². The van der Waals surface area contributed by atoms with Gasteiger partial charge >= 0.3 is 0 Å². The van der Waals surface area contributed by atoms with Gasteiger partial charge in [-0.2, -0.15) is 0 Å². The Balaban J connectivity index is 1.61. The molecule has 0 saturated carbocycles. The lowest BCUT2D eigenvalue weighted by molar-refractivity contribution is -0.118. The molecule has 8 heteroatoms. The fourth-order valence-electron chi connectivity index (χ4n) is 2.96. The van der Waals surface area contributed by atoms with E-state index in [1.807, 2.05) is 32.0 Å². The Kier molecular flexibility index (Phi) is 7.05. The molecule has 0 aliphatic rings. The largest absolute Gasteiger partial charge is 0.497 e. The summed E-state index contributed by atoms with van der Waals surface area (Å²) in [5, 5.41) is 2.80. The number of amides is 1. The molecule has 7 nitrogen and oxygen atoms in total. The monoisotopic (exact) mass is 454 g/mol. The van der Waals surface area contributed by atoms with E-state index in [2.05, 4.69) is 5.32 Å².